The highest BCUT2D eigenvalue weighted by molar-refractivity contribution is 5.92. The van der Waals surface area contributed by atoms with E-state index in [2.05, 4.69) is 4.98 Å². The van der Waals surface area contributed by atoms with Crippen molar-refractivity contribution in [2.24, 2.45) is 0 Å². The van der Waals surface area contributed by atoms with Crippen LogP contribution in [-0.4, -0.2) is 37.8 Å². The molecule has 0 aliphatic carbocycles. The number of carbonyl (C=O) groups excluding carboxylic acids is 1. The number of carbonyl (C=O) groups is 1. The SMILES string of the molecule is CCOC(=O)C(=Cc1ccc(OCCN(C)c2nc3ccccc3o2)cc1)Oc1ccc(C)cc1. The van der Waals surface area contributed by atoms with E-state index in [4.69, 9.17) is 18.6 Å². The molecule has 0 N–H and O–H groups in total. The van der Waals surface area contributed by atoms with E-state index in [9.17, 15) is 4.79 Å². The maximum atomic E-state index is 12.4. The topological polar surface area (TPSA) is 74.0 Å². The molecule has 4 rings (SSSR count). The summed E-state index contributed by atoms with van der Waals surface area (Å²) in [4.78, 5) is 18.8. The third kappa shape index (κ3) is 6.41. The van der Waals surface area contributed by atoms with E-state index >= 15 is 0 Å². The second kappa shape index (κ2) is 11.2. The fourth-order valence-corrected chi connectivity index (χ4v) is 3.30. The summed E-state index contributed by atoms with van der Waals surface area (Å²) in [5.41, 5.74) is 3.48. The molecule has 0 spiro atoms. The summed E-state index contributed by atoms with van der Waals surface area (Å²) >= 11 is 0. The van der Waals surface area contributed by atoms with Gasteiger partial charge in [-0.15, -0.1) is 0 Å². The molecule has 0 atom stereocenters. The number of ether oxygens (including phenoxy) is 3. The molecule has 1 heterocycles. The van der Waals surface area contributed by atoms with Crippen LogP contribution in [0.5, 0.6) is 11.5 Å². The van der Waals surface area contributed by atoms with Gasteiger partial charge in [-0.25, -0.2) is 4.79 Å². The smallest absolute Gasteiger partial charge is 0.374 e. The molecule has 0 saturated heterocycles. The van der Waals surface area contributed by atoms with Gasteiger partial charge in [0.15, 0.2) is 5.58 Å². The van der Waals surface area contributed by atoms with Crippen molar-refractivity contribution in [1.29, 1.82) is 0 Å². The molecule has 0 saturated carbocycles. The number of nitrogens with zero attached hydrogens (tertiary/aromatic N) is 2. The van der Waals surface area contributed by atoms with Crippen molar-refractivity contribution in [2.75, 3.05) is 31.7 Å². The number of hydrogen-bond acceptors (Lipinski definition) is 7. The lowest BCUT2D eigenvalue weighted by Gasteiger charge is -2.15. The van der Waals surface area contributed by atoms with Crippen LogP contribution in [0.2, 0.25) is 0 Å². The molecule has 35 heavy (non-hydrogen) atoms. The first-order valence-corrected chi connectivity index (χ1v) is 11.4. The number of esters is 1. The lowest BCUT2D eigenvalue weighted by molar-refractivity contribution is -0.140. The van der Waals surface area contributed by atoms with E-state index in [1.54, 1.807) is 13.0 Å². The molecule has 0 aliphatic heterocycles. The van der Waals surface area contributed by atoms with Crippen LogP contribution in [0, 0.1) is 6.92 Å². The van der Waals surface area contributed by atoms with E-state index in [0.29, 0.717) is 30.7 Å². The summed E-state index contributed by atoms with van der Waals surface area (Å²) in [6.07, 6.45) is 1.66. The van der Waals surface area contributed by atoms with E-state index in [1.165, 1.54) is 0 Å². The second-order valence-electron chi connectivity index (χ2n) is 7.95. The molecular weight excluding hydrogens is 444 g/mol. The van der Waals surface area contributed by atoms with Crippen LogP contribution in [0.3, 0.4) is 0 Å². The number of aromatic nitrogens is 1. The highest BCUT2D eigenvalue weighted by Gasteiger charge is 2.14. The van der Waals surface area contributed by atoms with Gasteiger partial charge in [0.1, 0.15) is 23.6 Å². The molecule has 4 aromatic rings. The van der Waals surface area contributed by atoms with Gasteiger partial charge in [0.2, 0.25) is 5.76 Å². The molecule has 7 nitrogen and oxygen atoms in total. The van der Waals surface area contributed by atoms with E-state index in [1.807, 2.05) is 91.7 Å². The summed E-state index contributed by atoms with van der Waals surface area (Å²) < 4.78 is 22.6. The fourth-order valence-electron chi connectivity index (χ4n) is 3.30. The number of rotatable bonds is 10. The largest absolute Gasteiger partial charge is 0.492 e. The summed E-state index contributed by atoms with van der Waals surface area (Å²) in [6.45, 7) is 5.07. The molecule has 0 amide bonds. The lowest BCUT2D eigenvalue weighted by Crippen LogP contribution is -2.23. The van der Waals surface area contributed by atoms with Gasteiger partial charge in [0.05, 0.1) is 13.2 Å². The average molecular weight is 473 g/mol. The number of likely N-dealkylation sites (N-methyl/N-ethyl adjacent to an activating group) is 1. The standard InChI is InChI=1S/C28H28N2O5/c1-4-32-27(31)26(34-23-13-9-20(2)10-14-23)19-21-11-15-22(16-12-21)33-18-17-30(3)28-29-24-7-5-6-8-25(24)35-28/h5-16,19H,4,17-18H2,1-3H3. The minimum absolute atomic E-state index is 0.115. The Morgan fingerprint density at radius 1 is 1.00 bits per heavy atom. The van der Waals surface area contributed by atoms with Gasteiger partial charge in [-0.3, -0.25) is 0 Å². The number of aryl methyl sites for hydroxylation is 1. The lowest BCUT2D eigenvalue weighted by atomic mass is 10.2. The highest BCUT2D eigenvalue weighted by Crippen LogP contribution is 2.22. The number of anilines is 1. The molecule has 180 valence electrons. The first kappa shape index (κ1) is 23.9. The Morgan fingerprint density at radius 3 is 2.43 bits per heavy atom. The Labute approximate surface area is 204 Å². The van der Waals surface area contributed by atoms with E-state index in [0.717, 1.165) is 22.2 Å². The molecule has 3 aromatic carbocycles. The van der Waals surface area contributed by atoms with Crippen LogP contribution in [0.1, 0.15) is 18.1 Å². The van der Waals surface area contributed by atoms with E-state index in [-0.39, 0.29) is 12.4 Å². The Balaban J connectivity index is 1.36. The summed E-state index contributed by atoms with van der Waals surface area (Å²) in [5.74, 6) is 0.878. The van der Waals surface area contributed by atoms with Gasteiger partial charge in [0, 0.05) is 7.05 Å². The highest BCUT2D eigenvalue weighted by atomic mass is 16.6. The fraction of sp³-hybridized carbons (Fsp3) is 0.214. The van der Waals surface area contributed by atoms with Crippen LogP contribution in [0.4, 0.5) is 6.01 Å². The van der Waals surface area contributed by atoms with Gasteiger partial charge in [-0.1, -0.05) is 42.0 Å². The average Bonchev–Trinajstić information content (AvgIpc) is 3.31. The van der Waals surface area contributed by atoms with Crippen LogP contribution in [0.15, 0.2) is 83.0 Å². The van der Waals surface area contributed by atoms with Gasteiger partial charge in [-0.2, -0.15) is 4.98 Å². The Kier molecular flexibility index (Phi) is 7.67. The summed E-state index contributed by atoms with van der Waals surface area (Å²) in [6, 6.07) is 23.1. The number of para-hydroxylation sites is 2. The number of fused-ring (bicyclic) bond motifs is 1. The maximum Gasteiger partial charge on any atom is 0.374 e. The molecule has 0 bridgehead atoms. The first-order chi connectivity index (χ1) is 17.0. The van der Waals surface area contributed by atoms with Crippen molar-refractivity contribution in [3.8, 4) is 11.5 Å². The predicted octanol–water partition coefficient (Wildman–Crippen LogP) is 5.63. The zero-order valence-electron chi connectivity index (χ0n) is 20.1. The van der Waals surface area contributed by atoms with Gasteiger partial charge >= 0.3 is 5.97 Å². The monoisotopic (exact) mass is 472 g/mol. The predicted molar refractivity (Wildman–Crippen MR) is 136 cm³/mol. The van der Waals surface area contributed by atoms with Crippen molar-refractivity contribution >= 4 is 29.2 Å². The Hall–Kier alpha value is -4.26. The van der Waals surface area contributed by atoms with Crippen molar-refractivity contribution < 1.29 is 23.4 Å². The Bertz CT molecular complexity index is 1260. The van der Waals surface area contributed by atoms with Gasteiger partial charge in [0.25, 0.3) is 6.01 Å². The third-order valence-electron chi connectivity index (χ3n) is 5.21. The summed E-state index contributed by atoms with van der Waals surface area (Å²) in [7, 11) is 1.91. The number of oxazole rings is 1. The van der Waals surface area contributed by atoms with Gasteiger partial charge < -0.3 is 23.5 Å². The molecular formula is C28H28N2O5. The zero-order chi connectivity index (χ0) is 24.6. The molecule has 0 aliphatic rings. The number of benzene rings is 3. The van der Waals surface area contributed by atoms with Crippen LogP contribution in [0.25, 0.3) is 17.2 Å². The van der Waals surface area contributed by atoms with E-state index < -0.39 is 5.97 Å². The normalized spacial score (nSPS) is 11.3. The van der Waals surface area contributed by atoms with Crippen LogP contribution in [-0.2, 0) is 9.53 Å². The maximum absolute atomic E-state index is 12.4. The minimum Gasteiger partial charge on any atom is -0.492 e. The molecule has 0 fully saturated rings. The molecule has 7 heteroatoms. The third-order valence-corrected chi connectivity index (χ3v) is 5.21. The summed E-state index contributed by atoms with van der Waals surface area (Å²) in [5, 5.41) is 0. The molecule has 0 radical (unpaired) electrons. The number of hydrogen-bond donors (Lipinski definition) is 0. The zero-order valence-corrected chi connectivity index (χ0v) is 20.1. The first-order valence-electron chi connectivity index (χ1n) is 11.4. The van der Waals surface area contributed by atoms with Crippen molar-refractivity contribution in [3.63, 3.8) is 0 Å². The van der Waals surface area contributed by atoms with Gasteiger partial charge in [-0.05, 0) is 61.9 Å². The molecule has 1 aromatic heterocycles. The van der Waals surface area contributed by atoms with Crippen LogP contribution < -0.4 is 14.4 Å². The quantitative estimate of drug-likeness (QED) is 0.168. The Morgan fingerprint density at radius 2 is 1.71 bits per heavy atom. The van der Waals surface area contributed by atoms with Crippen molar-refractivity contribution in [2.45, 2.75) is 13.8 Å². The molecule has 0 unspecified atom stereocenters. The minimum atomic E-state index is -0.518. The van der Waals surface area contributed by atoms with Crippen molar-refractivity contribution in [1.82, 2.24) is 4.98 Å². The second-order valence-corrected chi connectivity index (χ2v) is 7.95. The van der Waals surface area contributed by atoms with Crippen LogP contribution >= 0.6 is 0 Å². The van der Waals surface area contributed by atoms with Crippen molar-refractivity contribution in [3.05, 3.63) is 89.7 Å².